The predicted molar refractivity (Wildman–Crippen MR) is 98.3 cm³/mol. The van der Waals surface area contributed by atoms with Crippen molar-refractivity contribution < 1.29 is 4.79 Å². The fraction of sp³-hybridized carbons (Fsp3) is 0.450. The maximum absolute atomic E-state index is 12.3. The van der Waals surface area contributed by atoms with E-state index in [4.69, 9.17) is 0 Å². The van der Waals surface area contributed by atoms with Crippen LogP contribution in [0.25, 0.3) is 0 Å². The average Bonchev–Trinajstić information content (AvgIpc) is 2.64. The highest BCUT2D eigenvalue weighted by Crippen LogP contribution is 2.20. The number of likely N-dealkylation sites (tertiary alicyclic amines) is 1. The van der Waals surface area contributed by atoms with E-state index in [0.29, 0.717) is 12.6 Å². The van der Waals surface area contributed by atoms with Crippen LogP contribution in [0.1, 0.15) is 46.6 Å². The van der Waals surface area contributed by atoms with Crippen molar-refractivity contribution >= 4 is 5.91 Å². The van der Waals surface area contributed by atoms with Gasteiger partial charge in [-0.25, -0.2) is 0 Å². The Balaban J connectivity index is 1.63. The van der Waals surface area contributed by atoms with E-state index >= 15 is 0 Å². The lowest BCUT2D eigenvalue weighted by molar-refractivity contribution is 0.0907. The van der Waals surface area contributed by atoms with E-state index in [-0.39, 0.29) is 5.91 Å². The van der Waals surface area contributed by atoms with Gasteiger partial charge >= 0.3 is 0 Å². The van der Waals surface area contributed by atoms with Gasteiger partial charge in [0.2, 0.25) is 0 Å². The summed E-state index contributed by atoms with van der Waals surface area (Å²) in [6, 6.07) is 11.9. The Hall–Kier alpha value is -2.27. The van der Waals surface area contributed by atoms with Crippen LogP contribution < -0.4 is 5.32 Å². The number of carbonyl (C=O) groups excluding carboxylic acids is 1. The van der Waals surface area contributed by atoms with Gasteiger partial charge in [0.1, 0.15) is 0 Å². The summed E-state index contributed by atoms with van der Waals surface area (Å²) in [6.07, 6.45) is 3.54. The van der Waals surface area contributed by atoms with Crippen LogP contribution in [-0.4, -0.2) is 40.1 Å². The van der Waals surface area contributed by atoms with Gasteiger partial charge in [0.05, 0.1) is 11.4 Å². The number of nitrogens with one attached hydrogen (secondary N) is 1. The molecule has 1 unspecified atom stereocenters. The number of benzene rings is 1. The van der Waals surface area contributed by atoms with Crippen molar-refractivity contribution in [2.45, 2.75) is 45.7 Å². The van der Waals surface area contributed by atoms with Gasteiger partial charge in [0.15, 0.2) is 0 Å². The molecule has 1 fully saturated rings. The van der Waals surface area contributed by atoms with Crippen LogP contribution in [0, 0.1) is 13.8 Å². The van der Waals surface area contributed by atoms with E-state index in [2.05, 4.69) is 26.5 Å². The second-order valence-electron chi connectivity index (χ2n) is 6.79. The Morgan fingerprint density at radius 3 is 2.80 bits per heavy atom. The van der Waals surface area contributed by atoms with Crippen molar-refractivity contribution in [1.82, 2.24) is 20.4 Å². The largest absolute Gasteiger partial charge is 0.350 e. The van der Waals surface area contributed by atoms with Crippen molar-refractivity contribution in [1.29, 1.82) is 0 Å². The van der Waals surface area contributed by atoms with E-state index in [0.717, 1.165) is 36.5 Å². The summed E-state index contributed by atoms with van der Waals surface area (Å²) in [6.45, 7) is 6.60. The molecule has 1 aromatic heterocycles. The first-order valence-electron chi connectivity index (χ1n) is 9.00. The number of rotatable bonds is 5. The number of aromatic nitrogens is 2. The second-order valence-corrected chi connectivity index (χ2v) is 6.79. The minimum Gasteiger partial charge on any atom is -0.350 e. The lowest BCUT2D eigenvalue weighted by Crippen LogP contribution is -2.46. The molecule has 1 atom stereocenters. The highest BCUT2D eigenvalue weighted by molar-refractivity contribution is 5.94. The van der Waals surface area contributed by atoms with Crippen LogP contribution in [0.2, 0.25) is 0 Å². The van der Waals surface area contributed by atoms with Crippen molar-refractivity contribution in [2.24, 2.45) is 0 Å². The fourth-order valence-corrected chi connectivity index (χ4v) is 3.38. The standard InChI is InChI=1S/C20H26N4O/c1-15-12-18(16(2)23-22-15)14-24-11-7-6-10-19(24)13-21-20(25)17-8-4-3-5-9-17/h3-5,8-9,12,19H,6-7,10-11,13-14H2,1-2H3,(H,21,25). The van der Waals surface area contributed by atoms with Crippen LogP contribution in [0.5, 0.6) is 0 Å². The molecule has 0 spiro atoms. The van der Waals surface area contributed by atoms with Crippen molar-refractivity contribution in [3.8, 4) is 0 Å². The zero-order valence-corrected chi connectivity index (χ0v) is 15.0. The van der Waals surface area contributed by atoms with Crippen molar-refractivity contribution in [2.75, 3.05) is 13.1 Å². The summed E-state index contributed by atoms with van der Waals surface area (Å²) < 4.78 is 0. The van der Waals surface area contributed by atoms with Gasteiger partial charge in [-0.15, -0.1) is 0 Å². The maximum Gasteiger partial charge on any atom is 0.251 e. The molecule has 5 heteroatoms. The molecule has 0 bridgehead atoms. The Morgan fingerprint density at radius 1 is 1.20 bits per heavy atom. The molecule has 0 aliphatic carbocycles. The summed E-state index contributed by atoms with van der Waals surface area (Å²) in [5, 5.41) is 11.5. The number of amides is 1. The van der Waals surface area contributed by atoms with Gasteiger partial charge in [-0.3, -0.25) is 9.69 Å². The molecule has 1 aliphatic rings. The molecule has 2 aromatic rings. The molecule has 1 aromatic carbocycles. The smallest absolute Gasteiger partial charge is 0.251 e. The van der Waals surface area contributed by atoms with Crippen LogP contribution in [0.15, 0.2) is 36.4 Å². The minimum absolute atomic E-state index is 0.00345. The number of piperidine rings is 1. The molecular formula is C20H26N4O. The predicted octanol–water partition coefficient (Wildman–Crippen LogP) is 2.88. The first-order valence-corrected chi connectivity index (χ1v) is 9.00. The van der Waals surface area contributed by atoms with Gasteiger partial charge in [-0.2, -0.15) is 10.2 Å². The lowest BCUT2D eigenvalue weighted by atomic mass is 10.0. The summed E-state index contributed by atoms with van der Waals surface area (Å²) in [4.78, 5) is 14.8. The lowest BCUT2D eigenvalue weighted by Gasteiger charge is -2.36. The Morgan fingerprint density at radius 2 is 2.00 bits per heavy atom. The van der Waals surface area contributed by atoms with Crippen molar-refractivity contribution in [3.05, 3.63) is 58.9 Å². The molecule has 1 aliphatic heterocycles. The summed E-state index contributed by atoms with van der Waals surface area (Å²) >= 11 is 0. The number of hydrogen-bond acceptors (Lipinski definition) is 4. The van der Waals surface area contributed by atoms with Crippen LogP contribution in [0.3, 0.4) is 0 Å². The first-order chi connectivity index (χ1) is 12.1. The van der Waals surface area contributed by atoms with Gasteiger partial charge in [0.25, 0.3) is 5.91 Å². The number of aryl methyl sites for hydroxylation is 2. The first kappa shape index (κ1) is 17.5. The van der Waals surface area contributed by atoms with Gasteiger partial charge in [0, 0.05) is 24.7 Å². The van der Waals surface area contributed by atoms with Crippen LogP contribution in [0.4, 0.5) is 0 Å². The molecule has 2 heterocycles. The zero-order valence-electron chi connectivity index (χ0n) is 15.0. The molecule has 25 heavy (non-hydrogen) atoms. The van der Waals surface area contributed by atoms with E-state index < -0.39 is 0 Å². The van der Waals surface area contributed by atoms with E-state index in [1.54, 1.807) is 0 Å². The van der Waals surface area contributed by atoms with E-state index in [1.165, 1.54) is 18.4 Å². The van der Waals surface area contributed by atoms with Crippen molar-refractivity contribution in [3.63, 3.8) is 0 Å². The van der Waals surface area contributed by atoms with Gasteiger partial charge in [-0.1, -0.05) is 24.6 Å². The molecule has 0 radical (unpaired) electrons. The number of nitrogens with zero attached hydrogens (tertiary/aromatic N) is 3. The normalized spacial score (nSPS) is 18.1. The molecule has 3 rings (SSSR count). The zero-order chi connectivity index (χ0) is 17.6. The quantitative estimate of drug-likeness (QED) is 0.911. The van der Waals surface area contributed by atoms with Crippen LogP contribution in [-0.2, 0) is 6.54 Å². The third-order valence-electron chi connectivity index (χ3n) is 4.86. The second kappa shape index (κ2) is 8.21. The molecule has 1 saturated heterocycles. The van der Waals surface area contributed by atoms with Gasteiger partial charge in [-0.05, 0) is 57.0 Å². The summed E-state index contributed by atoms with van der Waals surface area (Å²) in [5.74, 6) is 0.00345. The Kier molecular flexibility index (Phi) is 5.76. The van der Waals surface area contributed by atoms with Gasteiger partial charge < -0.3 is 5.32 Å². The molecule has 1 amide bonds. The molecular weight excluding hydrogens is 312 g/mol. The third kappa shape index (κ3) is 4.63. The fourth-order valence-electron chi connectivity index (χ4n) is 3.38. The minimum atomic E-state index is 0.00345. The highest BCUT2D eigenvalue weighted by Gasteiger charge is 2.23. The third-order valence-corrected chi connectivity index (χ3v) is 4.86. The monoisotopic (exact) mass is 338 g/mol. The highest BCUT2D eigenvalue weighted by atomic mass is 16.1. The molecule has 1 N–H and O–H groups in total. The summed E-state index contributed by atoms with van der Waals surface area (Å²) in [7, 11) is 0. The summed E-state index contributed by atoms with van der Waals surface area (Å²) in [5.41, 5.74) is 3.89. The number of hydrogen-bond donors (Lipinski definition) is 1. The molecule has 132 valence electrons. The Bertz CT molecular complexity index is 717. The topological polar surface area (TPSA) is 58.1 Å². The molecule has 0 saturated carbocycles. The molecule has 5 nitrogen and oxygen atoms in total. The SMILES string of the molecule is Cc1cc(CN2CCCCC2CNC(=O)c2ccccc2)c(C)nn1. The number of carbonyl (C=O) groups is 1. The Labute approximate surface area is 149 Å². The van der Waals surface area contributed by atoms with E-state index in [1.807, 2.05) is 44.2 Å². The maximum atomic E-state index is 12.3. The van der Waals surface area contributed by atoms with E-state index in [9.17, 15) is 4.79 Å². The average molecular weight is 338 g/mol. The van der Waals surface area contributed by atoms with Crippen LogP contribution >= 0.6 is 0 Å².